The maximum atomic E-state index is 4.16. The predicted octanol–water partition coefficient (Wildman–Crippen LogP) is 2.37. The largest absolute Gasteiger partial charge is 0.309 e. The molecule has 4 rings (SSSR count). The molecule has 2 heterocycles. The van der Waals surface area contributed by atoms with Gasteiger partial charge in [-0.3, -0.25) is 0 Å². The Hall–Kier alpha value is -2.79. The van der Waals surface area contributed by atoms with E-state index in [1.165, 1.54) is 48.4 Å². The molecule has 1 fully saturated rings. The van der Waals surface area contributed by atoms with Gasteiger partial charge < -0.3 is 4.90 Å². The lowest BCUT2D eigenvalue weighted by atomic mass is 10.1. The number of piperidine rings is 1. The van der Waals surface area contributed by atoms with Gasteiger partial charge >= 0.3 is 0 Å². The van der Waals surface area contributed by atoms with Crippen molar-refractivity contribution in [2.45, 2.75) is 19.3 Å². The topological polar surface area (TPSA) is 48.0 Å². The molecule has 25 heavy (non-hydrogen) atoms. The zero-order valence-corrected chi connectivity index (χ0v) is 14.2. The fraction of sp³-hybridized carbons (Fsp3) is 0.250. The second kappa shape index (κ2) is 7.40. The molecule has 0 aliphatic carbocycles. The molecule has 1 N–H and O–H groups in total. The normalized spacial score (nSPS) is 15.7. The molecule has 1 aliphatic heterocycles. The third kappa shape index (κ3) is 3.67. The summed E-state index contributed by atoms with van der Waals surface area (Å²) in [7, 11) is 0. The van der Waals surface area contributed by atoms with E-state index in [1.54, 1.807) is 4.68 Å². The first-order valence-corrected chi connectivity index (χ1v) is 8.87. The minimum Gasteiger partial charge on any atom is -0.309 e. The zero-order chi connectivity index (χ0) is 16.9. The lowest BCUT2D eigenvalue weighted by molar-refractivity contribution is -0.851. The van der Waals surface area contributed by atoms with Gasteiger partial charge in [-0.1, -0.05) is 42.5 Å². The number of rotatable bonds is 4. The summed E-state index contributed by atoms with van der Waals surface area (Å²) < 4.78 is 1.79. The van der Waals surface area contributed by atoms with E-state index in [2.05, 4.69) is 70.3 Å². The highest BCUT2D eigenvalue weighted by Gasteiger charge is 2.12. The Morgan fingerprint density at radius 2 is 1.56 bits per heavy atom. The SMILES string of the molecule is C(=C\[NH+]1CCCCC1)/c1nnnn1-c1ccc(-c2ccccc2)cc1. The molecule has 0 saturated carbocycles. The Balaban J connectivity index is 1.54. The van der Waals surface area contributed by atoms with Crippen LogP contribution < -0.4 is 4.90 Å². The summed E-state index contributed by atoms with van der Waals surface area (Å²) in [5.74, 6) is 0.769. The van der Waals surface area contributed by atoms with Gasteiger partial charge in [-0.2, -0.15) is 4.68 Å². The third-order valence-corrected chi connectivity index (χ3v) is 4.68. The Kier molecular flexibility index (Phi) is 4.65. The molecule has 5 heteroatoms. The van der Waals surface area contributed by atoms with Gasteiger partial charge in [0.25, 0.3) is 0 Å². The van der Waals surface area contributed by atoms with Gasteiger partial charge in [0.15, 0.2) is 5.82 Å². The quantitative estimate of drug-likeness (QED) is 0.798. The Bertz CT molecular complexity index is 830. The van der Waals surface area contributed by atoms with Crippen LogP contribution in [0.2, 0.25) is 0 Å². The number of nitrogens with one attached hydrogen (secondary N) is 1. The first-order valence-electron chi connectivity index (χ1n) is 8.87. The second-order valence-corrected chi connectivity index (χ2v) is 6.41. The Morgan fingerprint density at radius 3 is 2.32 bits per heavy atom. The summed E-state index contributed by atoms with van der Waals surface area (Å²) in [5, 5.41) is 12.2. The first kappa shape index (κ1) is 15.7. The van der Waals surface area contributed by atoms with Gasteiger partial charge in [-0.05, 0) is 52.9 Å². The van der Waals surface area contributed by atoms with Gasteiger partial charge in [0, 0.05) is 6.08 Å². The highest BCUT2D eigenvalue weighted by molar-refractivity contribution is 5.64. The molecular formula is C20H22N5+. The highest BCUT2D eigenvalue weighted by atomic mass is 15.5. The van der Waals surface area contributed by atoms with E-state index in [0.29, 0.717) is 0 Å². The summed E-state index contributed by atoms with van der Waals surface area (Å²) in [6.45, 7) is 2.40. The summed E-state index contributed by atoms with van der Waals surface area (Å²) in [6.07, 6.45) is 8.17. The fourth-order valence-corrected chi connectivity index (χ4v) is 3.27. The van der Waals surface area contributed by atoms with Crippen LogP contribution in [0, 0.1) is 0 Å². The van der Waals surface area contributed by atoms with Gasteiger partial charge in [0.1, 0.15) is 0 Å². The number of nitrogens with zero attached hydrogens (tertiary/aromatic N) is 4. The molecule has 126 valence electrons. The molecule has 0 atom stereocenters. The molecule has 0 bridgehead atoms. The maximum Gasteiger partial charge on any atom is 0.185 e. The van der Waals surface area contributed by atoms with E-state index >= 15 is 0 Å². The number of benzene rings is 2. The van der Waals surface area contributed by atoms with Crippen molar-refractivity contribution in [2.24, 2.45) is 0 Å². The van der Waals surface area contributed by atoms with E-state index < -0.39 is 0 Å². The first-order chi connectivity index (χ1) is 12.4. The smallest absolute Gasteiger partial charge is 0.185 e. The van der Waals surface area contributed by atoms with E-state index in [-0.39, 0.29) is 0 Å². The lowest BCUT2D eigenvalue weighted by Gasteiger charge is -2.18. The summed E-state index contributed by atoms with van der Waals surface area (Å²) in [5.41, 5.74) is 3.37. The highest BCUT2D eigenvalue weighted by Crippen LogP contribution is 2.20. The molecule has 0 amide bonds. The van der Waals surface area contributed by atoms with Crippen LogP contribution in [0.4, 0.5) is 0 Å². The number of tetrazole rings is 1. The molecule has 0 spiro atoms. The number of aromatic nitrogens is 4. The molecule has 3 aromatic rings. The van der Waals surface area contributed by atoms with Crippen LogP contribution in [-0.2, 0) is 0 Å². The molecule has 1 aromatic heterocycles. The van der Waals surface area contributed by atoms with Crippen LogP contribution in [0.5, 0.6) is 0 Å². The lowest BCUT2D eigenvalue weighted by Crippen LogP contribution is -3.08. The van der Waals surface area contributed by atoms with Crippen molar-refractivity contribution < 1.29 is 4.90 Å². The summed E-state index contributed by atoms with van der Waals surface area (Å²) >= 11 is 0. The zero-order valence-electron chi connectivity index (χ0n) is 14.2. The van der Waals surface area contributed by atoms with Crippen molar-refractivity contribution in [1.29, 1.82) is 0 Å². The van der Waals surface area contributed by atoms with Crippen molar-refractivity contribution in [2.75, 3.05) is 13.1 Å². The monoisotopic (exact) mass is 332 g/mol. The summed E-state index contributed by atoms with van der Waals surface area (Å²) in [6, 6.07) is 18.7. The van der Waals surface area contributed by atoms with Crippen molar-refractivity contribution >= 4 is 6.08 Å². The standard InChI is InChI=1S/C20H21N5/c1-3-7-17(8-4-1)18-9-11-19(12-10-18)25-20(21-22-23-25)13-16-24-14-5-2-6-15-24/h1,3-4,7-13,16H,2,5-6,14-15H2/p+1/b16-13+. The Morgan fingerprint density at radius 1 is 0.840 bits per heavy atom. The molecule has 1 saturated heterocycles. The molecule has 2 aromatic carbocycles. The molecule has 1 aliphatic rings. The van der Waals surface area contributed by atoms with E-state index in [9.17, 15) is 0 Å². The van der Waals surface area contributed by atoms with Crippen LogP contribution >= 0.6 is 0 Å². The van der Waals surface area contributed by atoms with E-state index in [0.717, 1.165) is 11.5 Å². The van der Waals surface area contributed by atoms with Gasteiger partial charge in [-0.15, -0.1) is 5.10 Å². The van der Waals surface area contributed by atoms with Gasteiger partial charge in [0.05, 0.1) is 25.0 Å². The van der Waals surface area contributed by atoms with Crippen molar-refractivity contribution in [3.63, 3.8) is 0 Å². The fourth-order valence-electron chi connectivity index (χ4n) is 3.27. The molecule has 0 radical (unpaired) electrons. The number of quaternary nitrogens is 1. The number of hydrogen-bond acceptors (Lipinski definition) is 3. The van der Waals surface area contributed by atoms with Crippen molar-refractivity contribution in [1.82, 2.24) is 20.2 Å². The predicted molar refractivity (Wildman–Crippen MR) is 98.2 cm³/mol. The van der Waals surface area contributed by atoms with Crippen LogP contribution in [0.1, 0.15) is 25.1 Å². The van der Waals surface area contributed by atoms with E-state index in [4.69, 9.17) is 0 Å². The third-order valence-electron chi connectivity index (χ3n) is 4.68. The van der Waals surface area contributed by atoms with Crippen LogP contribution in [0.3, 0.4) is 0 Å². The van der Waals surface area contributed by atoms with Crippen LogP contribution in [0.15, 0.2) is 60.8 Å². The van der Waals surface area contributed by atoms with E-state index in [1.807, 2.05) is 12.1 Å². The average molecular weight is 332 g/mol. The molecule has 5 nitrogen and oxygen atoms in total. The van der Waals surface area contributed by atoms with Crippen molar-refractivity contribution in [3.05, 3.63) is 66.6 Å². The van der Waals surface area contributed by atoms with Gasteiger partial charge in [-0.25, -0.2) is 0 Å². The van der Waals surface area contributed by atoms with Crippen LogP contribution in [0.25, 0.3) is 22.9 Å². The minimum atomic E-state index is 0.769. The summed E-state index contributed by atoms with van der Waals surface area (Å²) in [4.78, 5) is 1.50. The average Bonchev–Trinajstić information content (AvgIpc) is 3.17. The Labute approximate surface area is 147 Å². The van der Waals surface area contributed by atoms with Crippen LogP contribution in [-0.4, -0.2) is 33.3 Å². The minimum absolute atomic E-state index is 0.769. The van der Waals surface area contributed by atoms with Gasteiger partial charge in [0.2, 0.25) is 0 Å². The molecular weight excluding hydrogens is 310 g/mol. The number of hydrogen-bond donors (Lipinski definition) is 1. The number of likely N-dealkylation sites (tertiary alicyclic amines) is 1. The molecule has 0 unspecified atom stereocenters. The maximum absolute atomic E-state index is 4.16. The van der Waals surface area contributed by atoms with Crippen molar-refractivity contribution in [3.8, 4) is 16.8 Å². The second-order valence-electron chi connectivity index (χ2n) is 6.41.